The van der Waals surface area contributed by atoms with Gasteiger partial charge in [-0.15, -0.1) is 12.4 Å². The van der Waals surface area contributed by atoms with E-state index in [4.69, 9.17) is 5.73 Å². The van der Waals surface area contributed by atoms with Crippen LogP contribution in [-0.4, -0.2) is 11.9 Å². The Balaban J connectivity index is 0.00000225. The standard InChI is InChI=1S/C24H24N2O.ClH/c25-23-16-22(23)19-11-13-21(14-12-19)26-24(27)20-8-4-7-18(15-20)10-9-17-5-2-1-3-6-17;/h1-8,11-15,22-23H,9-10,16,25H2,(H,26,27);1H/t22-,23+;/m0./s1. The van der Waals surface area contributed by atoms with Gasteiger partial charge in [0.1, 0.15) is 0 Å². The second-order valence-electron chi connectivity index (χ2n) is 7.27. The fourth-order valence-corrected chi connectivity index (χ4v) is 3.42. The number of hydrogen-bond donors (Lipinski definition) is 2. The average molecular weight is 393 g/mol. The van der Waals surface area contributed by atoms with Gasteiger partial charge < -0.3 is 11.1 Å². The molecule has 2 atom stereocenters. The van der Waals surface area contributed by atoms with Gasteiger partial charge in [0.25, 0.3) is 5.91 Å². The Bertz CT molecular complexity index is 925. The average Bonchev–Trinajstić information content (AvgIpc) is 3.44. The number of nitrogens with two attached hydrogens (primary N) is 1. The molecule has 0 aromatic heterocycles. The SMILES string of the molecule is Cl.N[C@@H]1C[C@H]1c1ccc(NC(=O)c2cccc(CCc3ccccc3)c2)cc1. The molecule has 3 aromatic carbocycles. The Labute approximate surface area is 172 Å². The maximum Gasteiger partial charge on any atom is 0.255 e. The number of halogens is 1. The first-order chi connectivity index (χ1) is 13.2. The van der Waals surface area contributed by atoms with E-state index in [1.54, 1.807) is 0 Å². The van der Waals surface area contributed by atoms with Gasteiger partial charge in [0.15, 0.2) is 0 Å². The first-order valence-electron chi connectivity index (χ1n) is 9.49. The highest BCUT2D eigenvalue weighted by molar-refractivity contribution is 6.04. The van der Waals surface area contributed by atoms with Crippen LogP contribution in [0.2, 0.25) is 0 Å². The summed E-state index contributed by atoms with van der Waals surface area (Å²) in [5.74, 6) is 0.406. The Morgan fingerprint density at radius 1 is 0.893 bits per heavy atom. The zero-order chi connectivity index (χ0) is 18.6. The molecule has 4 rings (SSSR count). The lowest BCUT2D eigenvalue weighted by atomic mass is 10.0. The third-order valence-corrected chi connectivity index (χ3v) is 5.17. The van der Waals surface area contributed by atoms with E-state index in [0.29, 0.717) is 17.5 Å². The third-order valence-electron chi connectivity index (χ3n) is 5.17. The van der Waals surface area contributed by atoms with Crippen LogP contribution < -0.4 is 11.1 Å². The van der Waals surface area contributed by atoms with Crippen LogP contribution in [0.15, 0.2) is 78.9 Å². The number of amides is 1. The molecule has 0 radical (unpaired) electrons. The van der Waals surface area contributed by atoms with Gasteiger partial charge in [-0.05, 0) is 60.2 Å². The van der Waals surface area contributed by atoms with Crippen molar-refractivity contribution in [3.8, 4) is 0 Å². The Morgan fingerprint density at radius 2 is 1.54 bits per heavy atom. The molecule has 0 aliphatic heterocycles. The molecule has 0 bridgehead atoms. The van der Waals surface area contributed by atoms with Gasteiger partial charge in [-0.1, -0.05) is 54.6 Å². The molecule has 1 saturated carbocycles. The maximum absolute atomic E-state index is 12.6. The Kier molecular flexibility index (Phi) is 6.50. The number of nitrogens with one attached hydrogen (secondary N) is 1. The van der Waals surface area contributed by atoms with E-state index < -0.39 is 0 Å². The summed E-state index contributed by atoms with van der Waals surface area (Å²) < 4.78 is 0. The van der Waals surface area contributed by atoms with E-state index in [-0.39, 0.29) is 18.3 Å². The van der Waals surface area contributed by atoms with Gasteiger partial charge in [0, 0.05) is 23.2 Å². The number of carbonyl (C=O) groups is 1. The third kappa shape index (κ3) is 5.00. The van der Waals surface area contributed by atoms with Crippen molar-refractivity contribution in [3.63, 3.8) is 0 Å². The fourth-order valence-electron chi connectivity index (χ4n) is 3.42. The van der Waals surface area contributed by atoms with Crippen molar-refractivity contribution in [1.29, 1.82) is 0 Å². The van der Waals surface area contributed by atoms with Crippen LogP contribution in [0.25, 0.3) is 0 Å². The van der Waals surface area contributed by atoms with E-state index in [9.17, 15) is 4.79 Å². The van der Waals surface area contributed by atoms with Crippen molar-refractivity contribution in [2.24, 2.45) is 5.73 Å². The van der Waals surface area contributed by atoms with Gasteiger partial charge in [-0.3, -0.25) is 4.79 Å². The lowest BCUT2D eigenvalue weighted by molar-refractivity contribution is 0.102. The molecule has 28 heavy (non-hydrogen) atoms. The fraction of sp³-hybridized carbons (Fsp3) is 0.208. The normalized spacial score (nSPS) is 17.5. The van der Waals surface area contributed by atoms with E-state index >= 15 is 0 Å². The monoisotopic (exact) mass is 392 g/mol. The number of rotatable bonds is 6. The highest BCUT2D eigenvalue weighted by atomic mass is 35.5. The second kappa shape index (κ2) is 9.05. The van der Waals surface area contributed by atoms with Gasteiger partial charge in [-0.25, -0.2) is 0 Å². The van der Waals surface area contributed by atoms with E-state index in [1.807, 2.05) is 36.4 Å². The molecule has 0 heterocycles. The summed E-state index contributed by atoms with van der Waals surface area (Å²) in [7, 11) is 0. The van der Waals surface area contributed by atoms with Crippen molar-refractivity contribution in [2.75, 3.05) is 5.32 Å². The topological polar surface area (TPSA) is 55.1 Å². The molecule has 0 saturated heterocycles. The highest BCUT2D eigenvalue weighted by Crippen LogP contribution is 2.39. The molecule has 3 N–H and O–H groups in total. The molecule has 3 aromatic rings. The summed E-state index contributed by atoms with van der Waals surface area (Å²) in [6.07, 6.45) is 2.94. The minimum atomic E-state index is -0.0764. The van der Waals surface area contributed by atoms with Crippen LogP contribution in [0.1, 0.15) is 39.4 Å². The van der Waals surface area contributed by atoms with E-state index in [1.165, 1.54) is 16.7 Å². The number of aryl methyl sites for hydroxylation is 2. The zero-order valence-corrected chi connectivity index (χ0v) is 16.5. The minimum absolute atomic E-state index is 0. The lowest BCUT2D eigenvalue weighted by Crippen LogP contribution is -2.12. The summed E-state index contributed by atoms with van der Waals surface area (Å²) in [6.45, 7) is 0. The molecule has 1 amide bonds. The smallest absolute Gasteiger partial charge is 0.255 e. The number of anilines is 1. The molecule has 1 aliphatic rings. The highest BCUT2D eigenvalue weighted by Gasteiger charge is 2.34. The molecular weight excluding hydrogens is 368 g/mol. The Morgan fingerprint density at radius 3 is 2.21 bits per heavy atom. The van der Waals surface area contributed by atoms with Crippen LogP contribution in [0.3, 0.4) is 0 Å². The summed E-state index contributed by atoms with van der Waals surface area (Å²) in [4.78, 5) is 12.6. The van der Waals surface area contributed by atoms with Crippen molar-refractivity contribution in [1.82, 2.24) is 0 Å². The molecule has 1 fully saturated rings. The predicted octanol–water partition coefficient (Wildman–Crippen LogP) is 4.96. The van der Waals surface area contributed by atoms with Crippen LogP contribution in [0.5, 0.6) is 0 Å². The van der Waals surface area contributed by atoms with Crippen molar-refractivity contribution in [2.45, 2.75) is 31.2 Å². The van der Waals surface area contributed by atoms with Gasteiger partial charge in [0.2, 0.25) is 0 Å². The van der Waals surface area contributed by atoms with Crippen LogP contribution in [-0.2, 0) is 12.8 Å². The quantitative estimate of drug-likeness (QED) is 0.622. The largest absolute Gasteiger partial charge is 0.327 e. The molecule has 0 unspecified atom stereocenters. The van der Waals surface area contributed by atoms with Gasteiger partial charge >= 0.3 is 0 Å². The molecule has 3 nitrogen and oxygen atoms in total. The van der Waals surface area contributed by atoms with Gasteiger partial charge in [0.05, 0.1) is 0 Å². The molecule has 144 valence electrons. The van der Waals surface area contributed by atoms with Crippen molar-refractivity contribution in [3.05, 3.63) is 101 Å². The van der Waals surface area contributed by atoms with Crippen LogP contribution in [0.4, 0.5) is 5.69 Å². The van der Waals surface area contributed by atoms with Crippen LogP contribution in [0, 0.1) is 0 Å². The molecule has 1 aliphatic carbocycles. The first kappa shape index (κ1) is 20.1. The van der Waals surface area contributed by atoms with E-state index in [0.717, 1.165) is 24.9 Å². The zero-order valence-electron chi connectivity index (χ0n) is 15.7. The minimum Gasteiger partial charge on any atom is -0.327 e. The van der Waals surface area contributed by atoms with Crippen LogP contribution >= 0.6 is 12.4 Å². The number of benzene rings is 3. The number of carbonyl (C=O) groups excluding carboxylic acids is 1. The van der Waals surface area contributed by atoms with Crippen molar-refractivity contribution >= 4 is 24.0 Å². The maximum atomic E-state index is 12.6. The number of hydrogen-bond acceptors (Lipinski definition) is 2. The molecular formula is C24H25ClN2O. The van der Waals surface area contributed by atoms with Gasteiger partial charge in [-0.2, -0.15) is 0 Å². The lowest BCUT2D eigenvalue weighted by Gasteiger charge is -2.08. The second-order valence-corrected chi connectivity index (χ2v) is 7.27. The summed E-state index contributed by atoms with van der Waals surface area (Å²) in [5, 5.41) is 2.99. The molecule has 0 spiro atoms. The summed E-state index contributed by atoms with van der Waals surface area (Å²) >= 11 is 0. The van der Waals surface area contributed by atoms with E-state index in [2.05, 4.69) is 47.8 Å². The summed E-state index contributed by atoms with van der Waals surface area (Å²) in [5.41, 5.74) is 11.1. The molecule has 4 heteroatoms. The Hall–Kier alpha value is -2.62. The summed E-state index contributed by atoms with van der Waals surface area (Å²) in [6, 6.07) is 26.6. The first-order valence-corrected chi connectivity index (χ1v) is 9.49. The predicted molar refractivity (Wildman–Crippen MR) is 117 cm³/mol. The van der Waals surface area contributed by atoms with Crippen molar-refractivity contribution < 1.29 is 4.79 Å².